The van der Waals surface area contributed by atoms with Crippen LogP contribution in [0.5, 0.6) is 0 Å². The topological polar surface area (TPSA) is 81.3 Å². The van der Waals surface area contributed by atoms with Crippen LogP contribution >= 0.6 is 0 Å². The molecule has 0 bridgehead atoms. The molecule has 0 aromatic carbocycles. The van der Waals surface area contributed by atoms with Crippen LogP contribution in [0.4, 0.5) is 0 Å². The monoisotopic (exact) mass is 143 g/mol. The van der Waals surface area contributed by atoms with Crippen molar-refractivity contribution in [2.45, 2.75) is 6.42 Å². The summed E-state index contributed by atoms with van der Waals surface area (Å²) in [4.78, 5) is 9.25. The van der Waals surface area contributed by atoms with E-state index in [-0.39, 0.29) is 13.0 Å². The van der Waals surface area contributed by atoms with Crippen LogP contribution in [0.3, 0.4) is 0 Å². The Morgan fingerprint density at radius 3 is 2.20 bits per heavy atom. The standard InChI is InChI=1S/C3H5NO.C3H4O2/c4-2-1-3-5;1-2-3(4)5/h5H,1,3H2;2H,1H2,(H,4,5). The summed E-state index contributed by atoms with van der Waals surface area (Å²) in [5.74, 6) is -0.981. The molecule has 0 heterocycles. The molecule has 0 spiro atoms. The van der Waals surface area contributed by atoms with Gasteiger partial charge in [0.05, 0.1) is 19.1 Å². The maximum Gasteiger partial charge on any atom is 0.327 e. The number of carboxylic acids is 1. The van der Waals surface area contributed by atoms with Gasteiger partial charge in [0, 0.05) is 6.08 Å². The van der Waals surface area contributed by atoms with Crippen LogP contribution in [0.1, 0.15) is 6.42 Å². The number of rotatable bonds is 2. The quantitative estimate of drug-likeness (QED) is 0.539. The highest BCUT2D eigenvalue weighted by Gasteiger charge is 1.73. The van der Waals surface area contributed by atoms with E-state index >= 15 is 0 Å². The Morgan fingerprint density at radius 2 is 2.20 bits per heavy atom. The Labute approximate surface area is 59.0 Å². The second kappa shape index (κ2) is 10.6. The number of hydrogen-bond acceptors (Lipinski definition) is 3. The molecular formula is C6H9NO3. The van der Waals surface area contributed by atoms with Gasteiger partial charge in [-0.2, -0.15) is 5.26 Å². The Kier molecular flexibility index (Phi) is 12.1. The molecule has 0 aliphatic heterocycles. The number of carboxylic acid groups (broad SMARTS) is 1. The van der Waals surface area contributed by atoms with Crippen molar-refractivity contribution in [3.05, 3.63) is 12.7 Å². The van der Waals surface area contributed by atoms with Gasteiger partial charge in [-0.05, 0) is 0 Å². The molecule has 0 saturated heterocycles. The summed E-state index contributed by atoms with van der Waals surface area (Å²) >= 11 is 0. The molecule has 0 aromatic heterocycles. The Bertz CT molecular complexity index is 136. The van der Waals surface area contributed by atoms with E-state index < -0.39 is 5.97 Å². The lowest BCUT2D eigenvalue weighted by Crippen LogP contribution is -1.82. The van der Waals surface area contributed by atoms with Crippen molar-refractivity contribution in [3.63, 3.8) is 0 Å². The molecule has 0 saturated carbocycles. The predicted molar refractivity (Wildman–Crippen MR) is 35.1 cm³/mol. The van der Waals surface area contributed by atoms with Gasteiger partial charge >= 0.3 is 5.97 Å². The van der Waals surface area contributed by atoms with Gasteiger partial charge < -0.3 is 10.2 Å². The van der Waals surface area contributed by atoms with Gasteiger partial charge in [0.2, 0.25) is 0 Å². The normalized spacial score (nSPS) is 6.40. The van der Waals surface area contributed by atoms with Gasteiger partial charge in [-0.3, -0.25) is 0 Å². The molecule has 0 fully saturated rings. The lowest BCUT2D eigenvalue weighted by Gasteiger charge is -1.67. The van der Waals surface area contributed by atoms with E-state index in [1.54, 1.807) is 6.07 Å². The fourth-order valence-electron chi connectivity index (χ4n) is 0.0500. The van der Waals surface area contributed by atoms with Crippen LogP contribution < -0.4 is 0 Å². The van der Waals surface area contributed by atoms with Crippen LogP contribution in [-0.2, 0) is 4.79 Å². The zero-order valence-electron chi connectivity index (χ0n) is 5.45. The molecule has 4 heteroatoms. The number of nitrogens with zero attached hydrogens (tertiary/aromatic N) is 1. The number of hydrogen-bond donors (Lipinski definition) is 2. The van der Waals surface area contributed by atoms with Crippen molar-refractivity contribution in [2.75, 3.05) is 6.61 Å². The fraction of sp³-hybridized carbons (Fsp3) is 0.333. The number of carbonyl (C=O) groups is 1. The highest BCUT2D eigenvalue weighted by Crippen LogP contribution is 1.62. The fourth-order valence-corrected chi connectivity index (χ4v) is 0.0500. The van der Waals surface area contributed by atoms with Crippen molar-refractivity contribution >= 4 is 5.97 Å². The lowest BCUT2D eigenvalue weighted by molar-refractivity contribution is -0.131. The molecule has 0 aromatic rings. The van der Waals surface area contributed by atoms with Gasteiger partial charge in [-0.25, -0.2) is 4.79 Å². The van der Waals surface area contributed by atoms with Crippen LogP contribution in [0.25, 0.3) is 0 Å². The van der Waals surface area contributed by atoms with E-state index in [0.29, 0.717) is 0 Å². The van der Waals surface area contributed by atoms with Gasteiger partial charge in [-0.15, -0.1) is 0 Å². The Hall–Kier alpha value is -1.34. The van der Waals surface area contributed by atoms with Gasteiger partial charge in [0.15, 0.2) is 0 Å². The number of aliphatic hydroxyl groups excluding tert-OH is 1. The van der Waals surface area contributed by atoms with Crippen LogP contribution in [0.2, 0.25) is 0 Å². The molecule has 0 aliphatic carbocycles. The van der Waals surface area contributed by atoms with Crippen molar-refractivity contribution in [2.24, 2.45) is 0 Å². The zero-order valence-corrected chi connectivity index (χ0v) is 5.45. The number of aliphatic carboxylic acids is 1. The predicted octanol–water partition coefficient (Wildman–Crippen LogP) is 0.149. The molecule has 10 heavy (non-hydrogen) atoms. The minimum Gasteiger partial charge on any atom is -0.478 e. The summed E-state index contributed by atoms with van der Waals surface area (Å²) in [6.07, 6.45) is 1.08. The van der Waals surface area contributed by atoms with E-state index in [1.165, 1.54) is 0 Å². The first-order valence-electron chi connectivity index (χ1n) is 2.52. The van der Waals surface area contributed by atoms with Crippen LogP contribution in [0, 0.1) is 11.3 Å². The summed E-state index contributed by atoms with van der Waals surface area (Å²) in [5, 5.41) is 23.1. The third-order valence-corrected chi connectivity index (χ3v) is 0.398. The molecule has 0 amide bonds. The Balaban J connectivity index is 0. The molecule has 0 atom stereocenters. The molecule has 0 unspecified atom stereocenters. The van der Waals surface area contributed by atoms with E-state index in [1.807, 2.05) is 0 Å². The number of aliphatic hydroxyl groups is 1. The van der Waals surface area contributed by atoms with Crippen LogP contribution in [-0.4, -0.2) is 22.8 Å². The van der Waals surface area contributed by atoms with Crippen molar-refractivity contribution in [1.82, 2.24) is 0 Å². The van der Waals surface area contributed by atoms with Gasteiger partial charge in [0.1, 0.15) is 0 Å². The highest BCUT2D eigenvalue weighted by atomic mass is 16.4. The third-order valence-electron chi connectivity index (χ3n) is 0.398. The summed E-state index contributed by atoms with van der Waals surface area (Å²) in [6, 6.07) is 1.77. The second-order valence-electron chi connectivity index (χ2n) is 1.17. The smallest absolute Gasteiger partial charge is 0.327 e. The van der Waals surface area contributed by atoms with Gasteiger partial charge in [-0.1, -0.05) is 6.58 Å². The molecular weight excluding hydrogens is 134 g/mol. The van der Waals surface area contributed by atoms with E-state index in [9.17, 15) is 4.79 Å². The summed E-state index contributed by atoms with van der Waals surface area (Å²) in [6.45, 7) is 2.94. The van der Waals surface area contributed by atoms with Crippen LogP contribution in [0.15, 0.2) is 12.7 Å². The summed E-state index contributed by atoms with van der Waals surface area (Å²) in [5.41, 5.74) is 0. The highest BCUT2D eigenvalue weighted by molar-refractivity contribution is 5.78. The molecule has 2 N–H and O–H groups in total. The minimum absolute atomic E-state index is 0.0174. The minimum atomic E-state index is -0.981. The maximum absolute atomic E-state index is 9.25. The first kappa shape index (κ1) is 11.5. The van der Waals surface area contributed by atoms with Gasteiger partial charge in [0.25, 0.3) is 0 Å². The molecule has 0 rings (SSSR count). The molecule has 56 valence electrons. The second-order valence-corrected chi connectivity index (χ2v) is 1.17. The van der Waals surface area contributed by atoms with E-state index in [0.717, 1.165) is 6.08 Å². The van der Waals surface area contributed by atoms with Crippen molar-refractivity contribution in [1.29, 1.82) is 5.26 Å². The zero-order chi connectivity index (χ0) is 8.41. The molecule has 0 aliphatic rings. The largest absolute Gasteiger partial charge is 0.478 e. The number of nitriles is 1. The SMILES string of the molecule is C=CC(=O)O.N#CCCO. The Morgan fingerprint density at radius 1 is 1.80 bits per heavy atom. The first-order chi connectivity index (χ1) is 4.68. The average Bonchev–Trinajstić information content (AvgIpc) is 1.91. The first-order valence-corrected chi connectivity index (χ1v) is 2.52. The van der Waals surface area contributed by atoms with Crippen molar-refractivity contribution < 1.29 is 15.0 Å². The van der Waals surface area contributed by atoms with E-state index in [2.05, 4.69) is 6.58 Å². The summed E-state index contributed by atoms with van der Waals surface area (Å²) in [7, 11) is 0. The average molecular weight is 143 g/mol. The van der Waals surface area contributed by atoms with Crippen molar-refractivity contribution in [3.8, 4) is 6.07 Å². The van der Waals surface area contributed by atoms with E-state index in [4.69, 9.17) is 15.5 Å². The maximum atomic E-state index is 9.25. The molecule has 4 nitrogen and oxygen atoms in total. The lowest BCUT2D eigenvalue weighted by atomic mass is 10.5. The summed E-state index contributed by atoms with van der Waals surface area (Å²) < 4.78 is 0. The molecule has 0 radical (unpaired) electrons. The third kappa shape index (κ3) is 30.2.